The number of benzene rings is 3. The van der Waals surface area contributed by atoms with Crippen molar-refractivity contribution in [2.75, 3.05) is 11.3 Å². The third-order valence-electron chi connectivity index (χ3n) is 4.15. The van der Waals surface area contributed by atoms with Gasteiger partial charge in [-0.25, -0.2) is 8.42 Å². The molecule has 5 heteroatoms. The molecule has 0 saturated heterocycles. The Morgan fingerprint density at radius 3 is 2.35 bits per heavy atom. The number of fused-ring (bicyclic) bond motifs is 1. The fraction of sp³-hybridized carbons (Fsp3) is 0.238. The molecule has 0 radical (unpaired) electrons. The van der Waals surface area contributed by atoms with Gasteiger partial charge in [-0.15, -0.1) is 0 Å². The van der Waals surface area contributed by atoms with Crippen LogP contribution in [0.3, 0.4) is 0 Å². The van der Waals surface area contributed by atoms with Gasteiger partial charge in [0.25, 0.3) is 10.0 Å². The summed E-state index contributed by atoms with van der Waals surface area (Å²) in [6, 6.07) is 19.8. The molecule has 0 atom stereocenters. The van der Waals surface area contributed by atoms with Crippen LogP contribution >= 0.6 is 0 Å². The molecular formula is C21H23NO3S. The van der Waals surface area contributed by atoms with Gasteiger partial charge in [-0.1, -0.05) is 50.1 Å². The molecule has 0 aliphatic heterocycles. The molecule has 0 saturated carbocycles. The second-order valence-electron chi connectivity index (χ2n) is 6.19. The Kier molecular flexibility index (Phi) is 5.78. The van der Waals surface area contributed by atoms with Gasteiger partial charge in [-0.3, -0.25) is 4.72 Å². The standard InChI is InChI=1S/C21H23NO3S/c1-2-3-6-15-25-20-12-10-19(11-13-20)22-26(23,24)21-14-9-17-7-4-5-8-18(17)16-21/h4-5,7-14,16,22H,2-3,6,15H2,1H3. The van der Waals surface area contributed by atoms with Crippen LogP contribution in [-0.4, -0.2) is 15.0 Å². The Morgan fingerprint density at radius 1 is 0.885 bits per heavy atom. The molecule has 3 aromatic carbocycles. The van der Waals surface area contributed by atoms with E-state index in [9.17, 15) is 8.42 Å². The molecule has 0 aliphatic carbocycles. The van der Waals surface area contributed by atoms with Crippen LogP contribution in [0.1, 0.15) is 26.2 Å². The van der Waals surface area contributed by atoms with Crippen LogP contribution < -0.4 is 9.46 Å². The third-order valence-corrected chi connectivity index (χ3v) is 5.53. The van der Waals surface area contributed by atoms with Crippen molar-refractivity contribution in [2.24, 2.45) is 0 Å². The van der Waals surface area contributed by atoms with E-state index >= 15 is 0 Å². The highest BCUT2D eigenvalue weighted by Crippen LogP contribution is 2.23. The zero-order valence-electron chi connectivity index (χ0n) is 14.8. The summed E-state index contributed by atoms with van der Waals surface area (Å²) in [7, 11) is -3.63. The van der Waals surface area contributed by atoms with E-state index in [-0.39, 0.29) is 4.90 Å². The second-order valence-corrected chi connectivity index (χ2v) is 7.88. The van der Waals surface area contributed by atoms with Gasteiger partial charge in [-0.2, -0.15) is 0 Å². The number of nitrogens with one attached hydrogen (secondary N) is 1. The van der Waals surface area contributed by atoms with Crippen LogP contribution in [0.25, 0.3) is 10.8 Å². The van der Waals surface area contributed by atoms with Crippen molar-refractivity contribution in [3.05, 3.63) is 66.7 Å². The maximum Gasteiger partial charge on any atom is 0.261 e. The SMILES string of the molecule is CCCCCOc1ccc(NS(=O)(=O)c2ccc3ccccc3c2)cc1. The minimum atomic E-state index is -3.63. The molecule has 3 aromatic rings. The lowest BCUT2D eigenvalue weighted by molar-refractivity contribution is 0.306. The molecule has 0 amide bonds. The Hall–Kier alpha value is -2.53. The molecule has 0 spiro atoms. The second kappa shape index (κ2) is 8.23. The van der Waals surface area contributed by atoms with E-state index in [2.05, 4.69) is 11.6 Å². The van der Waals surface area contributed by atoms with Gasteiger partial charge in [0.1, 0.15) is 5.75 Å². The highest BCUT2D eigenvalue weighted by molar-refractivity contribution is 7.92. The lowest BCUT2D eigenvalue weighted by Crippen LogP contribution is -2.12. The molecule has 0 unspecified atom stereocenters. The Balaban J connectivity index is 1.70. The maximum absolute atomic E-state index is 12.6. The smallest absolute Gasteiger partial charge is 0.261 e. The van der Waals surface area contributed by atoms with Crippen molar-refractivity contribution in [1.82, 2.24) is 0 Å². The van der Waals surface area contributed by atoms with E-state index in [4.69, 9.17) is 4.74 Å². The number of hydrogen-bond donors (Lipinski definition) is 1. The van der Waals surface area contributed by atoms with Crippen molar-refractivity contribution in [2.45, 2.75) is 31.1 Å². The van der Waals surface area contributed by atoms with Crippen molar-refractivity contribution in [3.8, 4) is 5.75 Å². The highest BCUT2D eigenvalue weighted by atomic mass is 32.2. The molecule has 0 bridgehead atoms. The molecule has 0 aromatic heterocycles. The largest absolute Gasteiger partial charge is 0.494 e. The molecule has 0 fully saturated rings. The lowest BCUT2D eigenvalue weighted by atomic mass is 10.1. The molecule has 0 aliphatic rings. The number of ether oxygens (including phenoxy) is 1. The van der Waals surface area contributed by atoms with Crippen LogP contribution in [0.5, 0.6) is 5.75 Å². The van der Waals surface area contributed by atoms with E-state index in [1.165, 1.54) is 0 Å². The van der Waals surface area contributed by atoms with Gasteiger partial charge < -0.3 is 4.74 Å². The monoisotopic (exact) mass is 369 g/mol. The summed E-state index contributed by atoms with van der Waals surface area (Å²) in [4.78, 5) is 0.246. The summed E-state index contributed by atoms with van der Waals surface area (Å²) in [5.74, 6) is 0.745. The van der Waals surface area contributed by atoms with E-state index < -0.39 is 10.0 Å². The lowest BCUT2D eigenvalue weighted by Gasteiger charge is -2.10. The number of sulfonamides is 1. The maximum atomic E-state index is 12.6. The number of unbranched alkanes of at least 4 members (excludes halogenated alkanes) is 2. The van der Waals surface area contributed by atoms with Gasteiger partial charge in [0, 0.05) is 5.69 Å². The summed E-state index contributed by atoms with van der Waals surface area (Å²) in [5.41, 5.74) is 0.513. The zero-order chi connectivity index (χ0) is 18.4. The zero-order valence-corrected chi connectivity index (χ0v) is 15.6. The highest BCUT2D eigenvalue weighted by Gasteiger charge is 2.14. The van der Waals surface area contributed by atoms with Gasteiger partial charge in [0.2, 0.25) is 0 Å². The summed E-state index contributed by atoms with van der Waals surface area (Å²) >= 11 is 0. The van der Waals surface area contributed by atoms with Gasteiger partial charge in [-0.05, 0) is 53.6 Å². The van der Waals surface area contributed by atoms with E-state index in [0.29, 0.717) is 12.3 Å². The van der Waals surface area contributed by atoms with Crippen LogP contribution in [-0.2, 0) is 10.0 Å². The van der Waals surface area contributed by atoms with Gasteiger partial charge in [0.15, 0.2) is 0 Å². The normalized spacial score (nSPS) is 11.4. The average Bonchev–Trinajstić information content (AvgIpc) is 2.66. The predicted octanol–water partition coefficient (Wildman–Crippen LogP) is 5.21. The first-order chi connectivity index (χ1) is 12.6. The number of rotatable bonds is 8. The van der Waals surface area contributed by atoms with E-state index in [0.717, 1.165) is 35.8 Å². The minimum Gasteiger partial charge on any atom is -0.494 e. The van der Waals surface area contributed by atoms with Crippen LogP contribution in [0, 0.1) is 0 Å². The molecule has 26 heavy (non-hydrogen) atoms. The summed E-state index contributed by atoms with van der Waals surface area (Å²) in [6.45, 7) is 2.83. The average molecular weight is 369 g/mol. The minimum absolute atomic E-state index is 0.246. The molecule has 0 heterocycles. The first-order valence-corrected chi connectivity index (χ1v) is 10.3. The topological polar surface area (TPSA) is 55.4 Å². The Bertz CT molecular complexity index is 966. The molecule has 3 rings (SSSR count). The fourth-order valence-corrected chi connectivity index (χ4v) is 3.80. The van der Waals surface area contributed by atoms with E-state index in [1.807, 2.05) is 30.3 Å². The Labute approximate surface area is 154 Å². The molecule has 4 nitrogen and oxygen atoms in total. The fourth-order valence-electron chi connectivity index (χ4n) is 2.71. The van der Waals surface area contributed by atoms with Crippen LogP contribution in [0.15, 0.2) is 71.6 Å². The first kappa shape index (κ1) is 18.3. The number of anilines is 1. The quantitative estimate of drug-likeness (QED) is 0.555. The number of hydrogen-bond acceptors (Lipinski definition) is 3. The molecular weight excluding hydrogens is 346 g/mol. The summed E-state index contributed by atoms with van der Waals surface area (Å²) in [5, 5.41) is 1.90. The van der Waals surface area contributed by atoms with Crippen LogP contribution in [0.4, 0.5) is 5.69 Å². The molecule has 136 valence electrons. The van der Waals surface area contributed by atoms with Crippen molar-refractivity contribution in [3.63, 3.8) is 0 Å². The van der Waals surface area contributed by atoms with Crippen LogP contribution in [0.2, 0.25) is 0 Å². The van der Waals surface area contributed by atoms with Crippen molar-refractivity contribution < 1.29 is 13.2 Å². The summed E-state index contributed by atoms with van der Waals surface area (Å²) in [6.07, 6.45) is 3.31. The first-order valence-electron chi connectivity index (χ1n) is 8.83. The predicted molar refractivity (Wildman–Crippen MR) is 106 cm³/mol. The molecule has 1 N–H and O–H groups in total. The third kappa shape index (κ3) is 4.55. The van der Waals surface area contributed by atoms with E-state index in [1.54, 1.807) is 36.4 Å². The summed E-state index contributed by atoms with van der Waals surface area (Å²) < 4.78 is 33.5. The van der Waals surface area contributed by atoms with Gasteiger partial charge in [0.05, 0.1) is 11.5 Å². The van der Waals surface area contributed by atoms with Gasteiger partial charge >= 0.3 is 0 Å². The van der Waals surface area contributed by atoms with Crippen molar-refractivity contribution >= 4 is 26.5 Å². The van der Waals surface area contributed by atoms with Crippen molar-refractivity contribution in [1.29, 1.82) is 0 Å². The Morgan fingerprint density at radius 2 is 1.62 bits per heavy atom.